The van der Waals surface area contributed by atoms with Crippen LogP contribution in [0.15, 0.2) is 24.3 Å². The average molecular weight is 198 g/mol. The fraction of sp³-hybridized carbons (Fsp3) is 0.300. The number of carbonyl (C=O) groups is 1. The fourth-order valence-electron chi connectivity index (χ4n) is 0.876. The Morgan fingerprint density at radius 2 is 1.93 bits per heavy atom. The molecule has 14 heavy (non-hydrogen) atoms. The number of phenols is 1. The molecular formula is C10H14O4. The first-order valence-corrected chi connectivity index (χ1v) is 4.20. The minimum atomic E-state index is -0.346. The molecule has 0 spiro atoms. The van der Waals surface area contributed by atoms with Gasteiger partial charge in [0.2, 0.25) is 0 Å². The molecule has 4 nitrogen and oxygen atoms in total. The van der Waals surface area contributed by atoms with E-state index in [2.05, 4.69) is 0 Å². The second-order valence-corrected chi connectivity index (χ2v) is 2.68. The van der Waals surface area contributed by atoms with E-state index >= 15 is 0 Å². The van der Waals surface area contributed by atoms with Gasteiger partial charge in [0.15, 0.2) is 0 Å². The van der Waals surface area contributed by atoms with Crippen LogP contribution >= 0.6 is 0 Å². The van der Waals surface area contributed by atoms with Crippen LogP contribution in [-0.4, -0.2) is 23.2 Å². The monoisotopic (exact) mass is 198 g/mol. The quantitative estimate of drug-likeness (QED) is 0.739. The largest absolute Gasteiger partial charge is 0.508 e. The smallest absolute Gasteiger partial charge is 0.338 e. The first kappa shape index (κ1) is 12.4. The van der Waals surface area contributed by atoms with Crippen molar-refractivity contribution in [2.24, 2.45) is 0 Å². The molecule has 0 aliphatic heterocycles. The van der Waals surface area contributed by atoms with E-state index in [4.69, 9.17) is 9.84 Å². The van der Waals surface area contributed by atoms with Crippen molar-refractivity contribution in [3.05, 3.63) is 29.8 Å². The van der Waals surface area contributed by atoms with Gasteiger partial charge in [-0.2, -0.15) is 0 Å². The number of rotatable bonds is 3. The van der Waals surface area contributed by atoms with Crippen LogP contribution in [0.3, 0.4) is 0 Å². The van der Waals surface area contributed by atoms with Gasteiger partial charge in [-0.3, -0.25) is 0 Å². The molecule has 1 aromatic rings. The number of hydrogen-bond acceptors (Lipinski definition) is 3. The number of phenolic OH excluding ortho intramolecular Hbond substituents is 1. The summed E-state index contributed by atoms with van der Waals surface area (Å²) in [6.45, 7) is 2.36. The van der Waals surface area contributed by atoms with Crippen LogP contribution < -0.4 is 0 Å². The van der Waals surface area contributed by atoms with E-state index in [1.807, 2.05) is 6.92 Å². The number of aromatic hydroxyl groups is 1. The van der Waals surface area contributed by atoms with E-state index in [0.29, 0.717) is 12.2 Å². The third-order valence-electron chi connectivity index (χ3n) is 1.54. The summed E-state index contributed by atoms with van der Waals surface area (Å²) >= 11 is 0. The van der Waals surface area contributed by atoms with E-state index in [1.165, 1.54) is 24.3 Å². The standard InChI is InChI=1S/C10H12O3.H2O/c1-2-7-13-10(12)8-3-5-9(11)6-4-8;/h3-6,11H,2,7H2,1H3;1H2. The Morgan fingerprint density at radius 3 is 2.43 bits per heavy atom. The van der Waals surface area contributed by atoms with Crippen molar-refractivity contribution in [2.45, 2.75) is 13.3 Å². The molecule has 0 unspecified atom stereocenters. The van der Waals surface area contributed by atoms with Gasteiger partial charge in [0.25, 0.3) is 0 Å². The predicted molar refractivity (Wildman–Crippen MR) is 52.3 cm³/mol. The van der Waals surface area contributed by atoms with Crippen molar-refractivity contribution < 1.29 is 20.1 Å². The molecule has 0 aromatic heterocycles. The lowest BCUT2D eigenvalue weighted by molar-refractivity contribution is 0.0505. The summed E-state index contributed by atoms with van der Waals surface area (Å²) < 4.78 is 4.90. The lowest BCUT2D eigenvalue weighted by Crippen LogP contribution is -2.05. The van der Waals surface area contributed by atoms with Crippen LogP contribution in [0.25, 0.3) is 0 Å². The summed E-state index contributed by atoms with van der Waals surface area (Å²) in [6.07, 6.45) is 0.809. The predicted octanol–water partition coefficient (Wildman–Crippen LogP) is 1.13. The minimum Gasteiger partial charge on any atom is -0.508 e. The lowest BCUT2D eigenvalue weighted by atomic mass is 10.2. The highest BCUT2D eigenvalue weighted by Crippen LogP contribution is 2.10. The maximum Gasteiger partial charge on any atom is 0.338 e. The van der Waals surface area contributed by atoms with Gasteiger partial charge in [-0.1, -0.05) is 6.92 Å². The molecule has 0 aliphatic rings. The summed E-state index contributed by atoms with van der Waals surface area (Å²) in [5.41, 5.74) is 0.464. The van der Waals surface area contributed by atoms with E-state index in [9.17, 15) is 4.79 Å². The van der Waals surface area contributed by atoms with Crippen molar-refractivity contribution in [3.63, 3.8) is 0 Å². The van der Waals surface area contributed by atoms with Gasteiger partial charge in [-0.05, 0) is 30.7 Å². The average Bonchev–Trinajstić information content (AvgIpc) is 2.15. The zero-order chi connectivity index (χ0) is 9.68. The molecular weight excluding hydrogens is 184 g/mol. The van der Waals surface area contributed by atoms with Crippen LogP contribution in [0.5, 0.6) is 5.75 Å². The first-order valence-electron chi connectivity index (χ1n) is 4.20. The van der Waals surface area contributed by atoms with Gasteiger partial charge in [-0.25, -0.2) is 4.79 Å². The molecule has 0 aliphatic carbocycles. The zero-order valence-electron chi connectivity index (χ0n) is 7.99. The Balaban J connectivity index is 0.00000169. The molecule has 0 radical (unpaired) electrons. The van der Waals surface area contributed by atoms with Crippen LogP contribution in [0.4, 0.5) is 0 Å². The lowest BCUT2D eigenvalue weighted by Gasteiger charge is -2.02. The summed E-state index contributed by atoms with van der Waals surface area (Å²) in [4.78, 5) is 11.2. The van der Waals surface area contributed by atoms with Crippen LogP contribution in [0.2, 0.25) is 0 Å². The third kappa shape index (κ3) is 3.45. The normalized spacial score (nSPS) is 8.93. The molecule has 3 N–H and O–H groups in total. The third-order valence-corrected chi connectivity index (χ3v) is 1.54. The Morgan fingerprint density at radius 1 is 1.36 bits per heavy atom. The maximum atomic E-state index is 11.2. The van der Waals surface area contributed by atoms with E-state index in [1.54, 1.807) is 0 Å². The van der Waals surface area contributed by atoms with Crippen LogP contribution in [-0.2, 0) is 4.74 Å². The summed E-state index contributed by atoms with van der Waals surface area (Å²) in [7, 11) is 0. The Bertz CT molecular complexity index is 279. The highest BCUT2D eigenvalue weighted by atomic mass is 16.5. The van der Waals surface area contributed by atoms with Gasteiger partial charge in [-0.15, -0.1) is 0 Å². The molecule has 0 atom stereocenters. The molecule has 0 heterocycles. The van der Waals surface area contributed by atoms with Crippen molar-refractivity contribution in [1.82, 2.24) is 0 Å². The fourth-order valence-corrected chi connectivity index (χ4v) is 0.876. The highest BCUT2D eigenvalue weighted by molar-refractivity contribution is 5.89. The number of hydrogen-bond donors (Lipinski definition) is 1. The molecule has 0 amide bonds. The molecule has 1 aromatic carbocycles. The van der Waals surface area contributed by atoms with Crippen LogP contribution in [0, 0.1) is 0 Å². The Kier molecular flexibility index (Phi) is 5.33. The number of ether oxygens (including phenoxy) is 1. The van der Waals surface area contributed by atoms with Gasteiger partial charge in [0.05, 0.1) is 12.2 Å². The summed E-state index contributed by atoms with van der Waals surface area (Å²) in [5, 5.41) is 8.96. The summed E-state index contributed by atoms with van der Waals surface area (Å²) in [6, 6.07) is 5.99. The van der Waals surface area contributed by atoms with E-state index < -0.39 is 0 Å². The summed E-state index contributed by atoms with van der Waals surface area (Å²) in [5.74, 6) is -0.200. The molecule has 0 saturated heterocycles. The number of carbonyl (C=O) groups excluding carboxylic acids is 1. The molecule has 78 valence electrons. The topological polar surface area (TPSA) is 78.0 Å². The van der Waals surface area contributed by atoms with Crippen molar-refractivity contribution in [2.75, 3.05) is 6.61 Å². The second kappa shape index (κ2) is 5.99. The molecule has 0 bridgehead atoms. The Labute approximate surface area is 82.4 Å². The number of esters is 1. The number of benzene rings is 1. The van der Waals surface area contributed by atoms with Crippen molar-refractivity contribution >= 4 is 5.97 Å². The zero-order valence-corrected chi connectivity index (χ0v) is 7.99. The van der Waals surface area contributed by atoms with Crippen molar-refractivity contribution in [3.8, 4) is 5.75 Å². The van der Waals surface area contributed by atoms with Crippen molar-refractivity contribution in [1.29, 1.82) is 0 Å². The minimum absolute atomic E-state index is 0. The molecule has 0 saturated carbocycles. The molecule has 1 rings (SSSR count). The van der Waals surface area contributed by atoms with Gasteiger partial charge >= 0.3 is 5.97 Å². The van der Waals surface area contributed by atoms with Gasteiger partial charge < -0.3 is 15.3 Å². The van der Waals surface area contributed by atoms with E-state index in [0.717, 1.165) is 6.42 Å². The van der Waals surface area contributed by atoms with Crippen LogP contribution in [0.1, 0.15) is 23.7 Å². The SMILES string of the molecule is CCCOC(=O)c1ccc(O)cc1.O. The maximum absolute atomic E-state index is 11.2. The Hall–Kier alpha value is -1.55. The van der Waals surface area contributed by atoms with Gasteiger partial charge in [0, 0.05) is 0 Å². The molecule has 4 heteroatoms. The molecule has 0 fully saturated rings. The highest BCUT2D eigenvalue weighted by Gasteiger charge is 2.05. The second-order valence-electron chi connectivity index (χ2n) is 2.68. The van der Waals surface area contributed by atoms with Gasteiger partial charge in [0.1, 0.15) is 5.75 Å². The van der Waals surface area contributed by atoms with E-state index in [-0.39, 0.29) is 17.2 Å². The first-order chi connectivity index (χ1) is 6.24.